The SMILES string of the molecule is Cc1ccc(-c2csc(CN)n2)c(C)c1C. The van der Waals surface area contributed by atoms with Gasteiger partial charge >= 0.3 is 0 Å². The zero-order valence-corrected chi connectivity index (χ0v) is 10.7. The molecule has 0 radical (unpaired) electrons. The molecule has 2 N–H and O–H groups in total. The first kappa shape index (κ1) is 11.3. The van der Waals surface area contributed by atoms with Crippen LogP contribution in [0.15, 0.2) is 17.5 Å². The lowest BCUT2D eigenvalue weighted by Crippen LogP contribution is -1.95. The average Bonchev–Trinajstić information content (AvgIpc) is 2.74. The van der Waals surface area contributed by atoms with Gasteiger partial charge in [0.2, 0.25) is 0 Å². The van der Waals surface area contributed by atoms with Gasteiger partial charge < -0.3 is 5.73 Å². The third kappa shape index (κ3) is 1.88. The first-order valence-corrected chi connectivity index (χ1v) is 6.23. The van der Waals surface area contributed by atoms with Gasteiger partial charge in [-0.2, -0.15) is 0 Å². The highest BCUT2D eigenvalue weighted by molar-refractivity contribution is 7.09. The first-order valence-electron chi connectivity index (χ1n) is 5.35. The van der Waals surface area contributed by atoms with Gasteiger partial charge in [0.1, 0.15) is 5.01 Å². The second-order valence-electron chi connectivity index (χ2n) is 4.01. The molecule has 1 aromatic heterocycles. The minimum Gasteiger partial charge on any atom is -0.325 e. The van der Waals surface area contributed by atoms with Crippen molar-refractivity contribution >= 4 is 11.3 Å². The van der Waals surface area contributed by atoms with Crippen LogP contribution in [0.3, 0.4) is 0 Å². The second kappa shape index (κ2) is 4.36. The highest BCUT2D eigenvalue weighted by Gasteiger charge is 2.09. The molecule has 2 nitrogen and oxygen atoms in total. The van der Waals surface area contributed by atoms with Crippen molar-refractivity contribution in [1.82, 2.24) is 4.98 Å². The molecular weight excluding hydrogens is 216 g/mol. The number of benzene rings is 1. The van der Waals surface area contributed by atoms with Crippen molar-refractivity contribution in [3.63, 3.8) is 0 Å². The van der Waals surface area contributed by atoms with E-state index in [2.05, 4.69) is 43.3 Å². The molecule has 2 aromatic rings. The number of rotatable bonds is 2. The van der Waals surface area contributed by atoms with Crippen LogP contribution in [-0.4, -0.2) is 4.98 Å². The molecule has 0 aliphatic rings. The predicted octanol–water partition coefficient (Wildman–Crippen LogP) is 3.19. The van der Waals surface area contributed by atoms with Crippen LogP contribution in [-0.2, 0) is 6.54 Å². The zero-order chi connectivity index (χ0) is 11.7. The summed E-state index contributed by atoms with van der Waals surface area (Å²) < 4.78 is 0. The lowest BCUT2D eigenvalue weighted by atomic mass is 9.97. The molecule has 0 amide bonds. The molecular formula is C13H16N2S. The second-order valence-corrected chi connectivity index (χ2v) is 4.95. The fourth-order valence-corrected chi connectivity index (χ4v) is 2.44. The Hall–Kier alpha value is -1.19. The van der Waals surface area contributed by atoms with Gasteiger partial charge in [-0.1, -0.05) is 12.1 Å². The fourth-order valence-electron chi connectivity index (χ4n) is 1.76. The van der Waals surface area contributed by atoms with Crippen molar-refractivity contribution in [1.29, 1.82) is 0 Å². The molecule has 1 aromatic carbocycles. The summed E-state index contributed by atoms with van der Waals surface area (Å²) in [6.07, 6.45) is 0. The van der Waals surface area contributed by atoms with Gasteiger partial charge in [0.15, 0.2) is 0 Å². The van der Waals surface area contributed by atoms with Crippen LogP contribution in [0.4, 0.5) is 0 Å². The zero-order valence-electron chi connectivity index (χ0n) is 9.87. The Morgan fingerprint density at radius 3 is 2.56 bits per heavy atom. The maximum Gasteiger partial charge on any atom is 0.107 e. The normalized spacial score (nSPS) is 10.8. The van der Waals surface area contributed by atoms with E-state index in [-0.39, 0.29) is 0 Å². The molecule has 0 aliphatic heterocycles. The van der Waals surface area contributed by atoms with Gasteiger partial charge in [-0.25, -0.2) is 4.98 Å². The largest absolute Gasteiger partial charge is 0.325 e. The van der Waals surface area contributed by atoms with Gasteiger partial charge in [-0.3, -0.25) is 0 Å². The lowest BCUT2D eigenvalue weighted by Gasteiger charge is -2.09. The minimum atomic E-state index is 0.522. The molecule has 0 bridgehead atoms. The number of aryl methyl sites for hydroxylation is 1. The Bertz CT molecular complexity index is 515. The van der Waals surface area contributed by atoms with E-state index in [1.54, 1.807) is 11.3 Å². The molecule has 0 fully saturated rings. The van der Waals surface area contributed by atoms with Crippen LogP contribution in [0.25, 0.3) is 11.3 Å². The Balaban J connectivity index is 2.52. The van der Waals surface area contributed by atoms with Crippen LogP contribution in [0.5, 0.6) is 0 Å². The van der Waals surface area contributed by atoms with Crippen molar-refractivity contribution in [2.24, 2.45) is 5.73 Å². The summed E-state index contributed by atoms with van der Waals surface area (Å²) in [5, 5.41) is 3.08. The maximum atomic E-state index is 5.58. The van der Waals surface area contributed by atoms with E-state index in [1.807, 2.05) is 0 Å². The Kier molecular flexibility index (Phi) is 3.08. The molecule has 0 aliphatic carbocycles. The Labute approximate surface area is 100 Å². The predicted molar refractivity (Wildman–Crippen MR) is 69.7 cm³/mol. The summed E-state index contributed by atoms with van der Waals surface area (Å²) in [5.74, 6) is 0. The van der Waals surface area contributed by atoms with Gasteiger partial charge in [0.05, 0.1) is 5.69 Å². The van der Waals surface area contributed by atoms with Gasteiger partial charge in [-0.15, -0.1) is 11.3 Å². The number of hydrogen-bond acceptors (Lipinski definition) is 3. The molecule has 0 unspecified atom stereocenters. The molecule has 2 rings (SSSR count). The fraction of sp³-hybridized carbons (Fsp3) is 0.308. The topological polar surface area (TPSA) is 38.9 Å². The van der Waals surface area contributed by atoms with Gasteiger partial charge in [0.25, 0.3) is 0 Å². The summed E-state index contributed by atoms with van der Waals surface area (Å²) in [6.45, 7) is 6.97. The summed E-state index contributed by atoms with van der Waals surface area (Å²) in [7, 11) is 0. The van der Waals surface area contributed by atoms with E-state index in [9.17, 15) is 0 Å². The summed E-state index contributed by atoms with van der Waals surface area (Å²) >= 11 is 1.63. The van der Waals surface area contributed by atoms with Crippen molar-refractivity contribution in [3.8, 4) is 11.3 Å². The molecule has 0 saturated heterocycles. The van der Waals surface area contributed by atoms with E-state index < -0.39 is 0 Å². The summed E-state index contributed by atoms with van der Waals surface area (Å²) in [5.41, 5.74) is 11.8. The van der Waals surface area contributed by atoms with Crippen LogP contribution >= 0.6 is 11.3 Å². The minimum absolute atomic E-state index is 0.522. The highest BCUT2D eigenvalue weighted by atomic mass is 32.1. The van der Waals surface area contributed by atoms with E-state index in [0.717, 1.165) is 10.7 Å². The molecule has 1 heterocycles. The van der Waals surface area contributed by atoms with E-state index in [0.29, 0.717) is 6.54 Å². The average molecular weight is 232 g/mol. The van der Waals surface area contributed by atoms with E-state index >= 15 is 0 Å². The number of nitrogens with two attached hydrogens (primary N) is 1. The molecule has 84 valence electrons. The van der Waals surface area contributed by atoms with Crippen molar-refractivity contribution < 1.29 is 0 Å². The smallest absolute Gasteiger partial charge is 0.107 e. The van der Waals surface area contributed by atoms with Crippen molar-refractivity contribution in [2.75, 3.05) is 0 Å². The third-order valence-electron chi connectivity index (χ3n) is 3.06. The molecule has 3 heteroatoms. The molecule has 0 atom stereocenters. The number of nitrogens with zero attached hydrogens (tertiary/aromatic N) is 1. The van der Waals surface area contributed by atoms with Crippen LogP contribution in [0, 0.1) is 20.8 Å². The first-order chi connectivity index (χ1) is 7.63. The van der Waals surface area contributed by atoms with E-state index in [1.165, 1.54) is 22.3 Å². The van der Waals surface area contributed by atoms with Gasteiger partial charge in [0, 0.05) is 17.5 Å². The number of aromatic nitrogens is 1. The molecule has 0 saturated carbocycles. The summed E-state index contributed by atoms with van der Waals surface area (Å²) in [4.78, 5) is 4.52. The molecule has 0 spiro atoms. The highest BCUT2D eigenvalue weighted by Crippen LogP contribution is 2.28. The number of thiazole rings is 1. The van der Waals surface area contributed by atoms with E-state index in [4.69, 9.17) is 5.73 Å². The monoisotopic (exact) mass is 232 g/mol. The van der Waals surface area contributed by atoms with Crippen molar-refractivity contribution in [3.05, 3.63) is 39.2 Å². The van der Waals surface area contributed by atoms with Crippen LogP contribution < -0.4 is 5.73 Å². The lowest BCUT2D eigenvalue weighted by molar-refractivity contribution is 1.04. The molecule has 16 heavy (non-hydrogen) atoms. The Morgan fingerprint density at radius 2 is 1.94 bits per heavy atom. The van der Waals surface area contributed by atoms with Crippen LogP contribution in [0.2, 0.25) is 0 Å². The van der Waals surface area contributed by atoms with Crippen molar-refractivity contribution in [2.45, 2.75) is 27.3 Å². The Morgan fingerprint density at radius 1 is 1.19 bits per heavy atom. The summed E-state index contributed by atoms with van der Waals surface area (Å²) in [6, 6.07) is 4.30. The number of hydrogen-bond donors (Lipinski definition) is 1. The van der Waals surface area contributed by atoms with Gasteiger partial charge in [-0.05, 0) is 37.5 Å². The maximum absolute atomic E-state index is 5.58. The standard InChI is InChI=1S/C13H16N2S/c1-8-4-5-11(10(3)9(8)2)12-7-16-13(6-14)15-12/h4-5,7H,6,14H2,1-3H3. The van der Waals surface area contributed by atoms with Crippen LogP contribution in [0.1, 0.15) is 21.7 Å². The quantitative estimate of drug-likeness (QED) is 0.863. The third-order valence-corrected chi connectivity index (χ3v) is 3.93.